The van der Waals surface area contributed by atoms with E-state index in [1.54, 1.807) is 0 Å². The SMILES string of the molecule is Nc1cc(O)cc(N)c1S. The van der Waals surface area contributed by atoms with Gasteiger partial charge in [-0.15, -0.1) is 12.6 Å². The molecule has 10 heavy (non-hydrogen) atoms. The van der Waals surface area contributed by atoms with Crippen LogP contribution >= 0.6 is 12.6 Å². The first-order valence-corrected chi connectivity index (χ1v) is 3.13. The number of phenolic OH excluding ortho intramolecular Hbond substituents is 1. The van der Waals surface area contributed by atoms with Gasteiger partial charge in [-0.3, -0.25) is 0 Å². The third-order valence-electron chi connectivity index (χ3n) is 1.15. The molecule has 0 saturated heterocycles. The summed E-state index contributed by atoms with van der Waals surface area (Å²) in [7, 11) is 0. The topological polar surface area (TPSA) is 72.3 Å². The number of nitrogens with two attached hydrogens (primary N) is 2. The smallest absolute Gasteiger partial charge is 0.119 e. The van der Waals surface area contributed by atoms with Crippen molar-refractivity contribution in [2.24, 2.45) is 0 Å². The molecule has 4 heteroatoms. The third kappa shape index (κ3) is 1.11. The quantitative estimate of drug-likeness (QED) is 0.332. The van der Waals surface area contributed by atoms with Crippen LogP contribution in [0.5, 0.6) is 5.75 Å². The Bertz CT molecular complexity index is 239. The highest BCUT2D eigenvalue weighted by Crippen LogP contribution is 2.28. The van der Waals surface area contributed by atoms with Crippen LogP contribution in [0.1, 0.15) is 0 Å². The van der Waals surface area contributed by atoms with Crippen molar-refractivity contribution >= 4 is 24.0 Å². The van der Waals surface area contributed by atoms with Crippen LogP contribution < -0.4 is 11.5 Å². The highest BCUT2D eigenvalue weighted by atomic mass is 32.1. The van der Waals surface area contributed by atoms with Gasteiger partial charge in [0.25, 0.3) is 0 Å². The minimum atomic E-state index is 0.0628. The summed E-state index contributed by atoms with van der Waals surface area (Å²) >= 11 is 4.00. The largest absolute Gasteiger partial charge is 0.508 e. The molecule has 3 nitrogen and oxygen atoms in total. The van der Waals surface area contributed by atoms with Gasteiger partial charge in [-0.1, -0.05) is 0 Å². The molecule has 0 radical (unpaired) electrons. The Morgan fingerprint density at radius 1 is 1.20 bits per heavy atom. The van der Waals surface area contributed by atoms with Gasteiger partial charge in [-0.25, -0.2) is 0 Å². The van der Waals surface area contributed by atoms with Crippen LogP contribution in [0.2, 0.25) is 0 Å². The van der Waals surface area contributed by atoms with Crippen molar-refractivity contribution in [3.8, 4) is 5.75 Å². The van der Waals surface area contributed by atoms with E-state index in [-0.39, 0.29) is 5.75 Å². The lowest BCUT2D eigenvalue weighted by Gasteiger charge is -2.02. The normalized spacial score (nSPS) is 9.70. The summed E-state index contributed by atoms with van der Waals surface area (Å²) in [4.78, 5) is 0.512. The number of benzene rings is 1. The second-order valence-corrected chi connectivity index (χ2v) is 2.42. The third-order valence-corrected chi connectivity index (χ3v) is 1.67. The summed E-state index contributed by atoms with van der Waals surface area (Å²) in [5.41, 5.74) is 11.6. The van der Waals surface area contributed by atoms with Crippen molar-refractivity contribution < 1.29 is 5.11 Å². The van der Waals surface area contributed by atoms with Gasteiger partial charge in [-0.05, 0) is 0 Å². The highest BCUT2D eigenvalue weighted by molar-refractivity contribution is 7.80. The molecule has 54 valence electrons. The zero-order chi connectivity index (χ0) is 7.72. The van der Waals surface area contributed by atoms with Gasteiger partial charge < -0.3 is 16.6 Å². The summed E-state index contributed by atoms with van der Waals surface area (Å²) in [5, 5.41) is 8.92. The van der Waals surface area contributed by atoms with E-state index in [0.29, 0.717) is 16.3 Å². The lowest BCUT2D eigenvalue weighted by Crippen LogP contribution is -1.92. The molecule has 5 N–H and O–H groups in total. The summed E-state index contributed by atoms with van der Waals surface area (Å²) in [6.45, 7) is 0. The van der Waals surface area contributed by atoms with Gasteiger partial charge in [0.2, 0.25) is 0 Å². The number of hydrogen-bond donors (Lipinski definition) is 4. The Morgan fingerprint density at radius 2 is 1.60 bits per heavy atom. The molecule has 0 spiro atoms. The van der Waals surface area contributed by atoms with E-state index < -0.39 is 0 Å². The number of nitrogen functional groups attached to an aromatic ring is 2. The molecule has 0 unspecified atom stereocenters. The number of anilines is 2. The van der Waals surface area contributed by atoms with Crippen molar-refractivity contribution in [3.05, 3.63) is 12.1 Å². The van der Waals surface area contributed by atoms with Gasteiger partial charge in [-0.2, -0.15) is 0 Å². The second-order valence-electron chi connectivity index (χ2n) is 1.97. The van der Waals surface area contributed by atoms with Crippen LogP contribution in [0.4, 0.5) is 11.4 Å². The maximum Gasteiger partial charge on any atom is 0.119 e. The van der Waals surface area contributed by atoms with Crippen molar-refractivity contribution in [1.29, 1.82) is 0 Å². The van der Waals surface area contributed by atoms with E-state index in [2.05, 4.69) is 12.6 Å². The van der Waals surface area contributed by atoms with Crippen LogP contribution in [-0.2, 0) is 0 Å². The first kappa shape index (κ1) is 7.08. The number of phenols is 1. The summed E-state index contributed by atoms with van der Waals surface area (Å²) in [6.07, 6.45) is 0. The van der Waals surface area contributed by atoms with Crippen molar-refractivity contribution in [1.82, 2.24) is 0 Å². The fraction of sp³-hybridized carbons (Fsp3) is 0. The molecule has 0 aromatic heterocycles. The van der Waals surface area contributed by atoms with Gasteiger partial charge in [0, 0.05) is 12.1 Å². The van der Waals surface area contributed by atoms with Crippen LogP contribution in [0.3, 0.4) is 0 Å². The predicted molar refractivity (Wildman–Crippen MR) is 44.2 cm³/mol. The van der Waals surface area contributed by atoms with E-state index in [1.165, 1.54) is 12.1 Å². The fourth-order valence-electron chi connectivity index (χ4n) is 0.664. The van der Waals surface area contributed by atoms with Crippen molar-refractivity contribution in [2.45, 2.75) is 4.90 Å². The molecule has 0 aliphatic heterocycles. The molecular formula is C6H8N2OS. The van der Waals surface area contributed by atoms with E-state index >= 15 is 0 Å². The minimum absolute atomic E-state index is 0.0628. The monoisotopic (exact) mass is 156 g/mol. The number of thiol groups is 1. The molecule has 0 saturated carbocycles. The number of hydrogen-bond acceptors (Lipinski definition) is 4. The first-order valence-electron chi connectivity index (χ1n) is 2.68. The maximum atomic E-state index is 8.92. The predicted octanol–water partition coefficient (Wildman–Crippen LogP) is 0.845. The molecule has 1 rings (SSSR count). The van der Waals surface area contributed by atoms with Gasteiger partial charge in [0.05, 0.1) is 16.3 Å². The molecular weight excluding hydrogens is 148 g/mol. The molecule has 0 fully saturated rings. The average molecular weight is 156 g/mol. The van der Waals surface area contributed by atoms with Gasteiger partial charge in [0.15, 0.2) is 0 Å². The summed E-state index contributed by atoms with van der Waals surface area (Å²) in [6, 6.07) is 2.80. The molecule has 0 bridgehead atoms. The van der Waals surface area contributed by atoms with Crippen molar-refractivity contribution in [3.63, 3.8) is 0 Å². The van der Waals surface area contributed by atoms with E-state index in [9.17, 15) is 0 Å². The maximum absolute atomic E-state index is 8.92. The van der Waals surface area contributed by atoms with Crippen LogP contribution in [0, 0.1) is 0 Å². The lowest BCUT2D eigenvalue weighted by molar-refractivity contribution is 0.475. The number of aromatic hydroxyl groups is 1. The zero-order valence-electron chi connectivity index (χ0n) is 5.20. The van der Waals surface area contributed by atoms with Crippen LogP contribution in [0.25, 0.3) is 0 Å². The average Bonchev–Trinajstić information content (AvgIpc) is 1.82. The fourth-order valence-corrected chi connectivity index (χ4v) is 0.793. The molecule has 0 atom stereocenters. The lowest BCUT2D eigenvalue weighted by atomic mass is 10.2. The zero-order valence-corrected chi connectivity index (χ0v) is 6.10. The second kappa shape index (κ2) is 2.30. The Hall–Kier alpha value is -1.03. The van der Waals surface area contributed by atoms with E-state index in [0.717, 1.165) is 0 Å². The minimum Gasteiger partial charge on any atom is -0.508 e. The van der Waals surface area contributed by atoms with E-state index in [1.807, 2.05) is 0 Å². The van der Waals surface area contributed by atoms with Gasteiger partial charge >= 0.3 is 0 Å². The molecule has 0 aliphatic carbocycles. The van der Waals surface area contributed by atoms with Crippen molar-refractivity contribution in [2.75, 3.05) is 11.5 Å². The Labute approximate surface area is 64.1 Å². The standard InChI is InChI=1S/C6H8N2OS/c7-4-1-3(9)2-5(8)6(4)10/h1-2,9-10H,7-8H2. The molecule has 1 aromatic carbocycles. The Morgan fingerprint density at radius 3 is 2.00 bits per heavy atom. The molecule has 1 aromatic rings. The summed E-state index contributed by atoms with van der Waals surface area (Å²) in [5.74, 6) is 0.0628. The van der Waals surface area contributed by atoms with E-state index in [4.69, 9.17) is 16.6 Å². The molecule has 0 heterocycles. The van der Waals surface area contributed by atoms with Crippen LogP contribution in [-0.4, -0.2) is 5.11 Å². The Kier molecular flexibility index (Phi) is 1.63. The first-order chi connectivity index (χ1) is 4.61. The van der Waals surface area contributed by atoms with Crippen LogP contribution in [0.15, 0.2) is 17.0 Å². The highest BCUT2D eigenvalue weighted by Gasteiger charge is 2.00. The number of rotatable bonds is 0. The van der Waals surface area contributed by atoms with Gasteiger partial charge in [0.1, 0.15) is 5.75 Å². The summed E-state index contributed by atoms with van der Waals surface area (Å²) < 4.78 is 0. The molecule has 0 aliphatic rings. The molecule has 0 amide bonds. The Balaban J connectivity index is 3.31.